The molecule has 0 rings (SSSR count). The molecule has 57 heavy (non-hydrogen) atoms. The lowest BCUT2D eigenvalue weighted by atomic mass is 10.1. The number of hydrogen-bond acceptors (Lipinski definition) is 8. The molecule has 0 aromatic carbocycles. The van der Waals surface area contributed by atoms with E-state index in [4.69, 9.17) is 18.5 Å². The maximum Gasteiger partial charge on any atom is 0.472 e. The zero-order chi connectivity index (χ0) is 42.3. The molecule has 3 atom stereocenters. The van der Waals surface area contributed by atoms with Crippen molar-refractivity contribution >= 4 is 19.8 Å². The Hall–Kier alpha value is -2.59. The maximum absolute atomic E-state index is 12.7. The van der Waals surface area contributed by atoms with E-state index in [1.54, 1.807) is 6.08 Å². The van der Waals surface area contributed by atoms with Crippen LogP contribution in [-0.4, -0.2) is 86.1 Å². The normalized spacial score (nSPS) is 14.9. The lowest BCUT2D eigenvalue weighted by Gasteiger charge is -2.24. The zero-order valence-corrected chi connectivity index (χ0v) is 37.3. The predicted octanol–water partition coefficient (Wildman–Crippen LogP) is 11.2. The van der Waals surface area contributed by atoms with Crippen LogP contribution in [0.1, 0.15) is 149 Å². The van der Waals surface area contributed by atoms with Gasteiger partial charge in [0, 0.05) is 12.8 Å². The number of aliphatic hydroxyl groups is 1. The van der Waals surface area contributed by atoms with Gasteiger partial charge in [0.2, 0.25) is 0 Å². The Labute approximate surface area is 347 Å². The average Bonchev–Trinajstić information content (AvgIpc) is 3.15. The number of nitrogens with zero attached hydrogens (tertiary/aromatic N) is 1. The molecule has 0 aromatic heterocycles. The minimum Gasteiger partial charge on any atom is -0.462 e. The highest BCUT2D eigenvalue weighted by molar-refractivity contribution is 7.47. The first-order valence-corrected chi connectivity index (χ1v) is 23.3. The summed E-state index contributed by atoms with van der Waals surface area (Å²) in [6, 6.07) is 0. The highest BCUT2D eigenvalue weighted by Gasteiger charge is 2.27. The van der Waals surface area contributed by atoms with Gasteiger partial charge in [0.05, 0.1) is 33.9 Å². The van der Waals surface area contributed by atoms with Crippen molar-refractivity contribution in [2.75, 3.05) is 47.5 Å². The fourth-order valence-corrected chi connectivity index (χ4v) is 6.09. The third kappa shape index (κ3) is 41.4. The van der Waals surface area contributed by atoms with Crippen molar-refractivity contribution in [2.45, 2.75) is 161 Å². The molecule has 3 unspecified atom stereocenters. The van der Waals surface area contributed by atoms with Gasteiger partial charge in [0.1, 0.15) is 19.8 Å². The van der Waals surface area contributed by atoms with Crippen LogP contribution in [0, 0.1) is 0 Å². The highest BCUT2D eigenvalue weighted by atomic mass is 31.2. The van der Waals surface area contributed by atoms with Crippen LogP contribution in [0.25, 0.3) is 0 Å². The number of esters is 2. The van der Waals surface area contributed by atoms with Crippen LogP contribution >= 0.6 is 7.82 Å². The van der Waals surface area contributed by atoms with Crippen molar-refractivity contribution in [2.24, 2.45) is 0 Å². The quantitative estimate of drug-likeness (QED) is 0.0156. The molecule has 0 aliphatic rings. The van der Waals surface area contributed by atoms with Crippen LogP contribution in [0.5, 0.6) is 0 Å². The van der Waals surface area contributed by atoms with Crippen LogP contribution in [0.4, 0.5) is 0 Å². The smallest absolute Gasteiger partial charge is 0.462 e. The summed E-state index contributed by atoms with van der Waals surface area (Å²) in [6.45, 7) is 4.09. The first-order chi connectivity index (χ1) is 27.4. The number of quaternary nitrogens is 1. The summed E-state index contributed by atoms with van der Waals surface area (Å²) in [5, 5.41) is 9.93. The molecule has 0 aliphatic carbocycles. The zero-order valence-electron chi connectivity index (χ0n) is 36.4. The van der Waals surface area contributed by atoms with Gasteiger partial charge < -0.3 is 24.0 Å². The van der Waals surface area contributed by atoms with E-state index in [2.05, 4.69) is 38.2 Å². The van der Waals surface area contributed by atoms with Gasteiger partial charge in [-0.25, -0.2) is 4.57 Å². The third-order valence-corrected chi connectivity index (χ3v) is 9.79. The van der Waals surface area contributed by atoms with Gasteiger partial charge in [-0.05, 0) is 70.6 Å². The van der Waals surface area contributed by atoms with E-state index in [9.17, 15) is 24.2 Å². The molecule has 0 aromatic rings. The molecule has 2 N–H and O–H groups in total. The molecule has 0 spiro atoms. The minimum absolute atomic E-state index is 0.00761. The van der Waals surface area contributed by atoms with Gasteiger partial charge in [0.25, 0.3) is 0 Å². The number of rotatable bonds is 38. The molecule has 0 aliphatic heterocycles. The van der Waals surface area contributed by atoms with Crippen LogP contribution in [0.2, 0.25) is 0 Å². The summed E-state index contributed by atoms with van der Waals surface area (Å²) >= 11 is 0. The highest BCUT2D eigenvalue weighted by Crippen LogP contribution is 2.43. The summed E-state index contributed by atoms with van der Waals surface area (Å²) in [6.07, 6.45) is 42.8. The molecule has 0 radical (unpaired) electrons. The molecule has 11 heteroatoms. The summed E-state index contributed by atoms with van der Waals surface area (Å²) in [5.41, 5.74) is 0. The van der Waals surface area contributed by atoms with E-state index in [1.165, 1.54) is 44.9 Å². The molecule has 10 nitrogen and oxygen atoms in total. The molecule has 0 fully saturated rings. The van der Waals surface area contributed by atoms with E-state index in [1.807, 2.05) is 63.7 Å². The first-order valence-electron chi connectivity index (χ1n) is 21.8. The van der Waals surface area contributed by atoms with E-state index < -0.39 is 38.6 Å². The number of hydrogen-bond donors (Lipinski definition) is 2. The SMILES string of the molecule is CC/C=C\C=C\C(O)C/C=C\C/C=C\C/C=C\CCCC(=O)OC(COC(=O)CCCCCCC/C=C\CCCCCCCC)COP(=O)(O)OCC[N+](C)(C)C. The van der Waals surface area contributed by atoms with Crippen LogP contribution < -0.4 is 0 Å². The van der Waals surface area contributed by atoms with Crippen LogP contribution in [0.3, 0.4) is 0 Å². The number of carbonyl (C=O) groups is 2. The number of phosphoric ester groups is 1. The Bertz CT molecular complexity index is 1220. The van der Waals surface area contributed by atoms with Crippen molar-refractivity contribution < 1.29 is 47.2 Å². The maximum atomic E-state index is 12.7. The van der Waals surface area contributed by atoms with Crippen molar-refractivity contribution in [3.8, 4) is 0 Å². The number of allylic oxidation sites excluding steroid dienone is 10. The lowest BCUT2D eigenvalue weighted by Crippen LogP contribution is -2.37. The molecular formula is C46H81NO9P+. The topological polar surface area (TPSA) is 129 Å². The van der Waals surface area contributed by atoms with Gasteiger partial charge in [-0.1, -0.05) is 138 Å². The van der Waals surface area contributed by atoms with E-state index >= 15 is 0 Å². The summed E-state index contributed by atoms with van der Waals surface area (Å²) < 4.78 is 34.2. The van der Waals surface area contributed by atoms with Gasteiger partial charge in [-0.15, -0.1) is 0 Å². The Morgan fingerprint density at radius 2 is 1.21 bits per heavy atom. The van der Waals surface area contributed by atoms with E-state index in [0.717, 1.165) is 51.4 Å². The molecule has 0 saturated carbocycles. The van der Waals surface area contributed by atoms with Gasteiger partial charge >= 0.3 is 19.8 Å². The first kappa shape index (κ1) is 54.4. The summed E-state index contributed by atoms with van der Waals surface area (Å²) in [5.74, 6) is -0.911. The van der Waals surface area contributed by atoms with Gasteiger partial charge in [-0.2, -0.15) is 0 Å². The lowest BCUT2D eigenvalue weighted by molar-refractivity contribution is -0.870. The summed E-state index contributed by atoms with van der Waals surface area (Å²) in [4.78, 5) is 35.3. The number of carbonyl (C=O) groups excluding carboxylic acids is 2. The molecule has 0 heterocycles. The largest absolute Gasteiger partial charge is 0.472 e. The number of likely N-dealkylation sites (N-methyl/N-ethyl adjacent to an activating group) is 1. The van der Waals surface area contributed by atoms with Crippen LogP contribution in [0.15, 0.2) is 72.9 Å². The standard InChI is InChI=1S/C46H80NO9P/c1-6-8-10-12-13-14-15-16-17-18-19-23-26-29-33-37-45(49)53-41-44(42-55-57(51,52)54-40-39-47(3,4)5)56-46(50)38-34-30-27-24-21-20-22-25-28-32-36-43(48)35-31-11-9-7-2/h9,11,16-17,20,22,24,27-28,31-32,35,43-44,48H,6-8,10,12-15,18-19,21,23,25-26,29-30,33-34,36-42H2,1-5H3/p+1/b11-9-,17-16-,22-20-,27-24-,32-28-,35-31+. The second kappa shape index (κ2) is 37.7. The Balaban J connectivity index is 4.53. The monoisotopic (exact) mass is 823 g/mol. The van der Waals surface area contributed by atoms with Gasteiger partial charge in [0.15, 0.2) is 6.10 Å². The molecule has 0 amide bonds. The van der Waals surface area contributed by atoms with Crippen molar-refractivity contribution in [3.63, 3.8) is 0 Å². The minimum atomic E-state index is -4.41. The molecule has 0 bridgehead atoms. The van der Waals surface area contributed by atoms with Crippen molar-refractivity contribution in [1.29, 1.82) is 0 Å². The van der Waals surface area contributed by atoms with Crippen molar-refractivity contribution in [3.05, 3.63) is 72.9 Å². The van der Waals surface area contributed by atoms with E-state index in [-0.39, 0.29) is 26.1 Å². The predicted molar refractivity (Wildman–Crippen MR) is 235 cm³/mol. The molecule has 0 saturated heterocycles. The second-order valence-electron chi connectivity index (χ2n) is 15.5. The molecular weight excluding hydrogens is 741 g/mol. The summed E-state index contributed by atoms with van der Waals surface area (Å²) in [7, 11) is 1.39. The average molecular weight is 823 g/mol. The van der Waals surface area contributed by atoms with Gasteiger partial charge in [-0.3, -0.25) is 18.6 Å². The number of aliphatic hydroxyl groups excluding tert-OH is 1. The number of unbranched alkanes of at least 4 members (excludes halogenated alkanes) is 12. The number of phosphoric acid groups is 1. The Morgan fingerprint density at radius 1 is 0.649 bits per heavy atom. The second-order valence-corrected chi connectivity index (χ2v) is 17.0. The Morgan fingerprint density at radius 3 is 1.86 bits per heavy atom. The fourth-order valence-electron chi connectivity index (χ4n) is 5.35. The van der Waals surface area contributed by atoms with E-state index in [0.29, 0.717) is 36.7 Å². The fraction of sp³-hybridized carbons (Fsp3) is 0.696. The van der Waals surface area contributed by atoms with Crippen molar-refractivity contribution in [1.82, 2.24) is 0 Å². The Kier molecular flexibility index (Phi) is 36.0. The third-order valence-electron chi connectivity index (χ3n) is 8.80. The number of ether oxygens (including phenoxy) is 2. The van der Waals surface area contributed by atoms with Crippen LogP contribution in [-0.2, 0) is 32.7 Å². The molecule has 328 valence electrons.